The van der Waals surface area contributed by atoms with E-state index < -0.39 is 0 Å². The Bertz CT molecular complexity index is 450. The molecule has 3 atom stereocenters. The molecule has 2 aliphatic rings. The Morgan fingerprint density at radius 2 is 2.04 bits per heavy atom. The minimum absolute atomic E-state index is 0.0266. The Morgan fingerprint density at radius 3 is 2.73 bits per heavy atom. The number of piperidine rings is 1. The Kier molecular flexibility index (Phi) is 8.85. The number of ether oxygens (including phenoxy) is 1. The van der Waals surface area contributed by atoms with Gasteiger partial charge in [-0.2, -0.15) is 0 Å². The molecule has 0 aromatic carbocycles. The van der Waals surface area contributed by atoms with Crippen LogP contribution in [0.3, 0.4) is 0 Å². The highest BCUT2D eigenvalue weighted by molar-refractivity contribution is 5.82. The van der Waals surface area contributed by atoms with Crippen molar-refractivity contribution in [2.75, 3.05) is 32.8 Å². The van der Waals surface area contributed by atoms with Crippen LogP contribution in [-0.2, 0) is 14.3 Å². The molecule has 0 saturated carbocycles. The van der Waals surface area contributed by atoms with E-state index in [-0.39, 0.29) is 24.0 Å². The van der Waals surface area contributed by atoms with Gasteiger partial charge >= 0.3 is 0 Å². The van der Waals surface area contributed by atoms with Gasteiger partial charge in [0.15, 0.2) is 0 Å². The zero-order chi connectivity index (χ0) is 18.9. The van der Waals surface area contributed by atoms with Gasteiger partial charge in [0.05, 0.1) is 25.2 Å². The molecule has 150 valence electrons. The maximum absolute atomic E-state index is 12.4. The summed E-state index contributed by atoms with van der Waals surface area (Å²) in [7, 11) is 0. The summed E-state index contributed by atoms with van der Waals surface area (Å²) in [5.74, 6) is 1.26. The molecule has 6 heteroatoms. The van der Waals surface area contributed by atoms with Crippen molar-refractivity contribution < 1.29 is 14.3 Å². The summed E-state index contributed by atoms with van der Waals surface area (Å²) in [4.78, 5) is 26.5. The maximum Gasteiger partial charge on any atom is 0.237 e. The number of nitrogens with zero attached hydrogens (tertiary/aromatic N) is 1. The van der Waals surface area contributed by atoms with Crippen LogP contribution >= 0.6 is 0 Å². The van der Waals surface area contributed by atoms with Crippen molar-refractivity contribution in [2.45, 2.75) is 71.4 Å². The van der Waals surface area contributed by atoms with E-state index in [1.807, 2.05) is 4.90 Å². The average Bonchev–Trinajstić information content (AvgIpc) is 3.14. The van der Waals surface area contributed by atoms with E-state index >= 15 is 0 Å². The number of amides is 2. The van der Waals surface area contributed by atoms with Crippen molar-refractivity contribution in [1.82, 2.24) is 15.5 Å². The molecule has 26 heavy (non-hydrogen) atoms. The molecule has 2 saturated heterocycles. The molecule has 2 rings (SSSR count). The minimum atomic E-state index is -0.0266. The first-order valence-electron chi connectivity index (χ1n) is 10.4. The van der Waals surface area contributed by atoms with Gasteiger partial charge in [-0.05, 0) is 57.4 Å². The van der Waals surface area contributed by atoms with Gasteiger partial charge in [-0.15, -0.1) is 0 Å². The lowest BCUT2D eigenvalue weighted by Gasteiger charge is -2.33. The highest BCUT2D eigenvalue weighted by Crippen LogP contribution is 2.17. The molecule has 2 aliphatic heterocycles. The zero-order valence-electron chi connectivity index (χ0n) is 16.8. The number of nitrogens with one attached hydrogen (secondary N) is 2. The van der Waals surface area contributed by atoms with Gasteiger partial charge in [0.2, 0.25) is 11.8 Å². The standard InChI is InChI=1S/C20H37N3O3/c1-15(2)12-16(3)26-11-8-19(24)23-10-5-6-17(14-23)13-22-20(25)18-7-4-9-21-18/h15-18,21H,4-14H2,1-3H3,(H,22,25). The van der Waals surface area contributed by atoms with E-state index in [4.69, 9.17) is 4.74 Å². The van der Waals surface area contributed by atoms with Gasteiger partial charge in [-0.1, -0.05) is 13.8 Å². The van der Waals surface area contributed by atoms with Gasteiger partial charge in [0, 0.05) is 19.6 Å². The second-order valence-electron chi connectivity index (χ2n) is 8.30. The zero-order valence-corrected chi connectivity index (χ0v) is 16.8. The summed E-state index contributed by atoms with van der Waals surface area (Å²) in [5.41, 5.74) is 0. The van der Waals surface area contributed by atoms with Gasteiger partial charge in [0.25, 0.3) is 0 Å². The number of hydrogen-bond acceptors (Lipinski definition) is 4. The number of likely N-dealkylation sites (tertiary alicyclic amines) is 1. The van der Waals surface area contributed by atoms with Gasteiger partial charge in [0.1, 0.15) is 0 Å². The van der Waals surface area contributed by atoms with E-state index in [9.17, 15) is 9.59 Å². The molecule has 0 aromatic rings. The molecular formula is C20H37N3O3. The summed E-state index contributed by atoms with van der Waals surface area (Å²) in [6.45, 7) is 10.1. The number of carbonyl (C=O) groups is 2. The van der Waals surface area contributed by atoms with Crippen LogP contribution in [0.2, 0.25) is 0 Å². The van der Waals surface area contributed by atoms with Crippen LogP contribution < -0.4 is 10.6 Å². The highest BCUT2D eigenvalue weighted by Gasteiger charge is 2.26. The Labute approximate surface area is 158 Å². The smallest absolute Gasteiger partial charge is 0.237 e. The van der Waals surface area contributed by atoms with Crippen molar-refractivity contribution in [2.24, 2.45) is 11.8 Å². The molecule has 2 N–H and O–H groups in total. The van der Waals surface area contributed by atoms with E-state index in [1.165, 1.54) is 0 Å². The summed E-state index contributed by atoms with van der Waals surface area (Å²) >= 11 is 0. The Morgan fingerprint density at radius 1 is 1.23 bits per heavy atom. The van der Waals surface area contributed by atoms with Crippen LogP contribution in [0.4, 0.5) is 0 Å². The predicted molar refractivity (Wildman–Crippen MR) is 103 cm³/mol. The third kappa shape index (κ3) is 7.23. The summed E-state index contributed by atoms with van der Waals surface area (Å²) in [5, 5.41) is 6.29. The first-order chi connectivity index (χ1) is 12.5. The molecule has 2 amide bonds. The normalized spacial score (nSPS) is 24.7. The van der Waals surface area contributed by atoms with Crippen molar-refractivity contribution >= 4 is 11.8 Å². The highest BCUT2D eigenvalue weighted by atomic mass is 16.5. The van der Waals surface area contributed by atoms with Crippen LogP contribution in [0.25, 0.3) is 0 Å². The summed E-state index contributed by atoms with van der Waals surface area (Å²) in [6, 6.07) is -0.0266. The lowest BCUT2D eigenvalue weighted by atomic mass is 9.97. The quantitative estimate of drug-likeness (QED) is 0.653. The molecule has 0 bridgehead atoms. The molecule has 0 aromatic heterocycles. The van der Waals surface area contributed by atoms with Gasteiger partial charge < -0.3 is 20.3 Å². The monoisotopic (exact) mass is 367 g/mol. The summed E-state index contributed by atoms with van der Waals surface area (Å²) < 4.78 is 5.77. The molecule has 0 aliphatic carbocycles. The summed E-state index contributed by atoms with van der Waals surface area (Å²) in [6.07, 6.45) is 5.76. The maximum atomic E-state index is 12.4. The van der Waals surface area contributed by atoms with E-state index in [0.29, 0.717) is 31.4 Å². The molecule has 2 heterocycles. The van der Waals surface area contributed by atoms with Crippen LogP contribution in [0, 0.1) is 11.8 Å². The molecular weight excluding hydrogens is 330 g/mol. The first kappa shape index (κ1) is 21.2. The van der Waals surface area contributed by atoms with Gasteiger partial charge in [-0.25, -0.2) is 0 Å². The topological polar surface area (TPSA) is 70.7 Å². The fourth-order valence-electron chi connectivity index (χ4n) is 3.97. The third-order valence-corrected chi connectivity index (χ3v) is 5.34. The Hall–Kier alpha value is -1.14. The SMILES string of the molecule is CC(C)CC(C)OCCC(=O)N1CCCC(CNC(=O)C2CCCN2)C1. The largest absolute Gasteiger partial charge is 0.378 e. The minimum Gasteiger partial charge on any atom is -0.378 e. The second kappa shape index (κ2) is 10.9. The van der Waals surface area contributed by atoms with Crippen molar-refractivity contribution in [3.05, 3.63) is 0 Å². The fraction of sp³-hybridized carbons (Fsp3) is 0.900. The second-order valence-corrected chi connectivity index (χ2v) is 8.30. The van der Waals surface area contributed by atoms with Crippen LogP contribution in [0.5, 0.6) is 0 Å². The molecule has 2 fully saturated rings. The number of rotatable bonds is 9. The van der Waals surface area contributed by atoms with Gasteiger partial charge in [-0.3, -0.25) is 9.59 Å². The number of hydrogen-bond donors (Lipinski definition) is 2. The Balaban J connectivity index is 1.64. The van der Waals surface area contributed by atoms with Crippen LogP contribution in [0.1, 0.15) is 59.3 Å². The fourth-order valence-corrected chi connectivity index (χ4v) is 3.97. The molecule has 3 unspecified atom stereocenters. The lowest BCUT2D eigenvalue weighted by Crippen LogP contribution is -2.46. The predicted octanol–water partition coefficient (Wildman–Crippen LogP) is 1.93. The van der Waals surface area contributed by atoms with Crippen molar-refractivity contribution in [3.8, 4) is 0 Å². The van der Waals surface area contributed by atoms with Crippen LogP contribution in [-0.4, -0.2) is 61.6 Å². The first-order valence-corrected chi connectivity index (χ1v) is 10.4. The van der Waals surface area contributed by atoms with Crippen molar-refractivity contribution in [1.29, 1.82) is 0 Å². The molecule has 0 radical (unpaired) electrons. The molecule has 0 spiro atoms. The molecule has 6 nitrogen and oxygen atoms in total. The van der Waals surface area contributed by atoms with Crippen molar-refractivity contribution in [3.63, 3.8) is 0 Å². The number of carbonyl (C=O) groups excluding carboxylic acids is 2. The average molecular weight is 368 g/mol. The lowest BCUT2D eigenvalue weighted by molar-refractivity contribution is -0.134. The van der Waals surface area contributed by atoms with E-state index in [2.05, 4.69) is 31.4 Å². The van der Waals surface area contributed by atoms with E-state index in [0.717, 1.165) is 51.7 Å². The van der Waals surface area contributed by atoms with Crippen LogP contribution in [0.15, 0.2) is 0 Å². The third-order valence-electron chi connectivity index (χ3n) is 5.34. The van der Waals surface area contributed by atoms with E-state index in [1.54, 1.807) is 0 Å².